The Bertz CT molecular complexity index is 773. The predicted molar refractivity (Wildman–Crippen MR) is 82.9 cm³/mol. The topological polar surface area (TPSA) is 63.2 Å². The normalized spacial score (nSPS) is 11.2. The number of hydrogen-bond donors (Lipinski definition) is 1. The van der Waals surface area contributed by atoms with Gasteiger partial charge in [0, 0.05) is 12.7 Å². The number of rotatable bonds is 5. The lowest BCUT2D eigenvalue weighted by Crippen LogP contribution is -2.14. The van der Waals surface area contributed by atoms with Gasteiger partial charge in [-0.3, -0.25) is 4.79 Å². The third kappa shape index (κ3) is 4.39. The first kappa shape index (κ1) is 16.2. The van der Waals surface area contributed by atoms with E-state index in [1.807, 2.05) is 30.3 Å². The van der Waals surface area contributed by atoms with Gasteiger partial charge in [0.1, 0.15) is 5.82 Å². The molecule has 0 aliphatic heterocycles. The molecule has 0 fully saturated rings. The first-order valence-electron chi connectivity index (χ1n) is 6.69. The fourth-order valence-corrected chi connectivity index (χ4v) is 2.59. The average molecular weight is 321 g/mol. The number of nitrogens with one attached hydrogen (secondary N) is 1. The van der Waals surface area contributed by atoms with E-state index < -0.39 is 15.7 Å². The van der Waals surface area contributed by atoms with Crippen LogP contribution in [0.1, 0.15) is 12.0 Å². The number of anilines is 1. The van der Waals surface area contributed by atoms with E-state index in [0.29, 0.717) is 6.42 Å². The highest BCUT2D eigenvalue weighted by atomic mass is 32.2. The van der Waals surface area contributed by atoms with Gasteiger partial charge in [0.05, 0.1) is 10.6 Å². The molecule has 2 aromatic rings. The largest absolute Gasteiger partial charge is 0.324 e. The predicted octanol–water partition coefficient (Wildman–Crippen LogP) is 2.80. The summed E-state index contributed by atoms with van der Waals surface area (Å²) in [5, 5.41) is 2.41. The van der Waals surface area contributed by atoms with Crippen LogP contribution in [-0.2, 0) is 21.1 Å². The number of aryl methyl sites for hydroxylation is 1. The molecule has 6 heteroatoms. The van der Waals surface area contributed by atoms with Crippen molar-refractivity contribution < 1.29 is 17.6 Å². The lowest BCUT2D eigenvalue weighted by Gasteiger charge is -2.08. The van der Waals surface area contributed by atoms with Gasteiger partial charge in [0.15, 0.2) is 9.84 Å². The molecular weight excluding hydrogens is 305 g/mol. The zero-order valence-electron chi connectivity index (χ0n) is 12.0. The lowest BCUT2D eigenvalue weighted by atomic mass is 10.1. The monoisotopic (exact) mass is 321 g/mol. The van der Waals surface area contributed by atoms with Crippen LogP contribution in [0.15, 0.2) is 53.4 Å². The van der Waals surface area contributed by atoms with E-state index in [9.17, 15) is 17.6 Å². The maximum Gasteiger partial charge on any atom is 0.224 e. The van der Waals surface area contributed by atoms with Crippen LogP contribution in [0.3, 0.4) is 0 Å². The van der Waals surface area contributed by atoms with Gasteiger partial charge < -0.3 is 5.32 Å². The van der Waals surface area contributed by atoms with E-state index in [0.717, 1.165) is 24.0 Å². The molecule has 2 aromatic carbocycles. The molecule has 22 heavy (non-hydrogen) atoms. The van der Waals surface area contributed by atoms with E-state index in [1.54, 1.807) is 0 Å². The Kier molecular flexibility index (Phi) is 4.92. The van der Waals surface area contributed by atoms with Crippen molar-refractivity contribution in [2.75, 3.05) is 11.6 Å². The molecule has 0 saturated heterocycles. The van der Waals surface area contributed by atoms with Gasteiger partial charge in [-0.1, -0.05) is 30.3 Å². The van der Waals surface area contributed by atoms with E-state index in [1.165, 1.54) is 6.07 Å². The molecule has 0 radical (unpaired) electrons. The van der Waals surface area contributed by atoms with Crippen LogP contribution >= 0.6 is 0 Å². The summed E-state index contributed by atoms with van der Waals surface area (Å²) in [6.45, 7) is 0. The van der Waals surface area contributed by atoms with Crippen LogP contribution < -0.4 is 5.32 Å². The number of halogens is 1. The number of benzene rings is 2. The Morgan fingerprint density at radius 3 is 2.45 bits per heavy atom. The van der Waals surface area contributed by atoms with Gasteiger partial charge in [-0.05, 0) is 30.2 Å². The van der Waals surface area contributed by atoms with Crippen molar-refractivity contribution in [3.63, 3.8) is 0 Å². The summed E-state index contributed by atoms with van der Waals surface area (Å²) in [5.41, 5.74) is 0.879. The Hall–Kier alpha value is -2.21. The molecule has 0 heterocycles. The molecule has 1 N–H and O–H groups in total. The van der Waals surface area contributed by atoms with Crippen molar-refractivity contribution in [2.45, 2.75) is 17.7 Å². The fraction of sp³-hybridized carbons (Fsp3) is 0.188. The van der Waals surface area contributed by atoms with Crippen molar-refractivity contribution in [1.82, 2.24) is 0 Å². The van der Waals surface area contributed by atoms with Crippen molar-refractivity contribution in [1.29, 1.82) is 0 Å². The number of sulfone groups is 1. The van der Waals surface area contributed by atoms with Crippen LogP contribution in [0, 0.1) is 5.82 Å². The maximum atomic E-state index is 13.7. The second kappa shape index (κ2) is 6.70. The second-order valence-corrected chi connectivity index (χ2v) is 6.96. The summed E-state index contributed by atoms with van der Waals surface area (Å²) in [4.78, 5) is 11.8. The summed E-state index contributed by atoms with van der Waals surface area (Å²) in [7, 11) is -3.45. The van der Waals surface area contributed by atoms with E-state index in [-0.39, 0.29) is 22.9 Å². The molecule has 0 aliphatic rings. The average Bonchev–Trinajstić information content (AvgIpc) is 2.47. The number of carbonyl (C=O) groups is 1. The quantitative estimate of drug-likeness (QED) is 0.861. The Balaban J connectivity index is 2.05. The Morgan fingerprint density at radius 2 is 1.82 bits per heavy atom. The lowest BCUT2D eigenvalue weighted by molar-refractivity contribution is -0.116. The Labute approximate surface area is 128 Å². The number of hydrogen-bond acceptors (Lipinski definition) is 3. The van der Waals surface area contributed by atoms with Crippen LogP contribution in [0.25, 0.3) is 0 Å². The van der Waals surface area contributed by atoms with Crippen LogP contribution in [0.5, 0.6) is 0 Å². The zero-order chi connectivity index (χ0) is 16.2. The van der Waals surface area contributed by atoms with Gasteiger partial charge in [-0.25, -0.2) is 12.8 Å². The van der Waals surface area contributed by atoms with E-state index in [4.69, 9.17) is 0 Å². The second-order valence-electron chi connectivity index (χ2n) is 4.95. The van der Waals surface area contributed by atoms with Crippen LogP contribution in [0.2, 0.25) is 0 Å². The van der Waals surface area contributed by atoms with Crippen molar-refractivity contribution >= 4 is 21.4 Å². The van der Waals surface area contributed by atoms with Crippen molar-refractivity contribution in [3.8, 4) is 0 Å². The molecule has 0 atom stereocenters. The fourth-order valence-electron chi connectivity index (χ4n) is 1.95. The minimum atomic E-state index is -3.45. The number of amides is 1. The van der Waals surface area contributed by atoms with E-state index >= 15 is 0 Å². The van der Waals surface area contributed by atoms with Gasteiger partial charge >= 0.3 is 0 Å². The first-order chi connectivity index (χ1) is 10.4. The summed E-state index contributed by atoms with van der Waals surface area (Å²) in [5.74, 6) is -1.03. The smallest absolute Gasteiger partial charge is 0.224 e. The summed E-state index contributed by atoms with van der Waals surface area (Å²) in [6, 6.07) is 12.8. The standard InChI is InChI=1S/C16H16FNO3S/c1-22(20,21)13-8-9-14(17)15(11-13)18-16(19)10-7-12-5-3-2-4-6-12/h2-6,8-9,11H,7,10H2,1H3,(H,18,19). The molecule has 2 rings (SSSR count). The zero-order valence-corrected chi connectivity index (χ0v) is 12.9. The third-order valence-electron chi connectivity index (χ3n) is 3.12. The SMILES string of the molecule is CS(=O)(=O)c1ccc(F)c(NC(=O)CCc2ccccc2)c1. The first-order valence-corrected chi connectivity index (χ1v) is 8.59. The molecular formula is C16H16FNO3S. The van der Waals surface area contributed by atoms with Crippen molar-refractivity contribution in [3.05, 3.63) is 59.9 Å². The molecule has 0 aliphatic carbocycles. The Morgan fingerprint density at radius 1 is 1.14 bits per heavy atom. The molecule has 4 nitrogen and oxygen atoms in total. The van der Waals surface area contributed by atoms with E-state index in [2.05, 4.69) is 5.32 Å². The molecule has 1 amide bonds. The minimum Gasteiger partial charge on any atom is -0.324 e. The minimum absolute atomic E-state index is 0.0349. The van der Waals surface area contributed by atoms with Gasteiger partial charge in [-0.2, -0.15) is 0 Å². The molecule has 0 aromatic heterocycles. The van der Waals surface area contributed by atoms with Crippen molar-refractivity contribution in [2.24, 2.45) is 0 Å². The molecule has 116 valence electrons. The maximum absolute atomic E-state index is 13.7. The summed E-state index contributed by atoms with van der Waals surface area (Å²) in [6.07, 6.45) is 1.74. The summed E-state index contributed by atoms with van der Waals surface area (Å²) < 4.78 is 36.6. The molecule has 0 spiro atoms. The molecule has 0 bridgehead atoms. The van der Waals surface area contributed by atoms with Gasteiger partial charge in [-0.15, -0.1) is 0 Å². The highest BCUT2D eigenvalue weighted by Crippen LogP contribution is 2.20. The summed E-state index contributed by atoms with van der Waals surface area (Å²) >= 11 is 0. The molecule has 0 unspecified atom stereocenters. The highest BCUT2D eigenvalue weighted by molar-refractivity contribution is 7.90. The third-order valence-corrected chi connectivity index (χ3v) is 4.23. The van der Waals surface area contributed by atoms with Gasteiger partial charge in [0.2, 0.25) is 5.91 Å². The van der Waals surface area contributed by atoms with Crippen LogP contribution in [-0.4, -0.2) is 20.6 Å². The highest BCUT2D eigenvalue weighted by Gasteiger charge is 2.13. The van der Waals surface area contributed by atoms with Crippen LogP contribution in [0.4, 0.5) is 10.1 Å². The van der Waals surface area contributed by atoms with Gasteiger partial charge in [0.25, 0.3) is 0 Å². The molecule has 0 saturated carbocycles. The number of carbonyl (C=O) groups excluding carboxylic acids is 1.